The Morgan fingerprint density at radius 2 is 2.00 bits per heavy atom. The van der Waals surface area contributed by atoms with Gasteiger partial charge in [0, 0.05) is 12.6 Å². The van der Waals surface area contributed by atoms with E-state index in [-0.39, 0.29) is 30.2 Å². The third kappa shape index (κ3) is 4.77. The summed E-state index contributed by atoms with van der Waals surface area (Å²) in [7, 11) is 0. The molecule has 0 bridgehead atoms. The van der Waals surface area contributed by atoms with Gasteiger partial charge in [0.1, 0.15) is 5.82 Å². The van der Waals surface area contributed by atoms with Gasteiger partial charge in [-0.15, -0.1) is 12.4 Å². The summed E-state index contributed by atoms with van der Waals surface area (Å²) >= 11 is 0. The molecule has 0 aliphatic carbocycles. The molecule has 0 unspecified atom stereocenters. The first-order chi connectivity index (χ1) is 10.5. The van der Waals surface area contributed by atoms with Crippen LogP contribution in [0, 0.1) is 12.7 Å². The Bertz CT molecular complexity index is 642. The van der Waals surface area contributed by atoms with Crippen molar-refractivity contribution in [3.05, 3.63) is 47.5 Å². The number of nitrogens with zero attached hydrogens (tertiary/aromatic N) is 2. The van der Waals surface area contributed by atoms with Crippen molar-refractivity contribution >= 4 is 18.3 Å². The monoisotopic (exact) mass is 340 g/mol. The Morgan fingerprint density at radius 3 is 2.61 bits per heavy atom. The second-order valence-electron chi connectivity index (χ2n) is 5.20. The van der Waals surface area contributed by atoms with Crippen molar-refractivity contribution in [2.45, 2.75) is 26.8 Å². The van der Waals surface area contributed by atoms with Crippen molar-refractivity contribution in [2.75, 3.05) is 13.1 Å². The van der Waals surface area contributed by atoms with Gasteiger partial charge in [-0.05, 0) is 44.7 Å². The van der Waals surface area contributed by atoms with Crippen LogP contribution in [0.2, 0.25) is 0 Å². The SMILES string of the molecule is CCN[C@H](C)CNC(=O)c1cnn(-c2ccc(F)cc2)c1C.Cl. The summed E-state index contributed by atoms with van der Waals surface area (Å²) in [6, 6.07) is 6.21. The lowest BCUT2D eigenvalue weighted by Crippen LogP contribution is -2.38. The van der Waals surface area contributed by atoms with E-state index in [2.05, 4.69) is 15.7 Å². The van der Waals surface area contributed by atoms with Crippen LogP contribution in [0.5, 0.6) is 0 Å². The minimum atomic E-state index is -0.302. The van der Waals surface area contributed by atoms with Crippen molar-refractivity contribution in [1.29, 1.82) is 0 Å². The number of nitrogens with one attached hydrogen (secondary N) is 2. The number of halogens is 2. The van der Waals surface area contributed by atoms with Crippen LogP contribution >= 0.6 is 12.4 Å². The molecule has 1 aromatic carbocycles. The molecule has 1 aromatic heterocycles. The highest BCUT2D eigenvalue weighted by atomic mass is 35.5. The average molecular weight is 341 g/mol. The molecule has 1 amide bonds. The molecule has 0 spiro atoms. The number of benzene rings is 1. The van der Waals surface area contributed by atoms with E-state index >= 15 is 0 Å². The predicted molar refractivity (Wildman–Crippen MR) is 91.0 cm³/mol. The zero-order chi connectivity index (χ0) is 16.1. The first kappa shape index (κ1) is 19.1. The molecule has 2 aromatic rings. The third-order valence-corrected chi connectivity index (χ3v) is 3.45. The molecule has 0 saturated heterocycles. The quantitative estimate of drug-likeness (QED) is 0.849. The van der Waals surface area contributed by atoms with Gasteiger partial charge in [-0.2, -0.15) is 5.10 Å². The van der Waals surface area contributed by atoms with Crippen molar-refractivity contribution in [3.63, 3.8) is 0 Å². The summed E-state index contributed by atoms with van der Waals surface area (Å²) in [5.74, 6) is -0.459. The average Bonchev–Trinajstić information content (AvgIpc) is 2.88. The Morgan fingerprint density at radius 1 is 1.35 bits per heavy atom. The van der Waals surface area contributed by atoms with E-state index in [0.717, 1.165) is 17.9 Å². The molecule has 0 fully saturated rings. The first-order valence-electron chi connectivity index (χ1n) is 7.35. The molecule has 0 radical (unpaired) electrons. The van der Waals surface area contributed by atoms with Crippen LogP contribution in [0.15, 0.2) is 30.5 Å². The van der Waals surface area contributed by atoms with Gasteiger partial charge in [-0.3, -0.25) is 4.79 Å². The van der Waals surface area contributed by atoms with Gasteiger partial charge in [-0.25, -0.2) is 9.07 Å². The molecular weight excluding hydrogens is 319 g/mol. The van der Waals surface area contributed by atoms with Crippen LogP contribution in [0.4, 0.5) is 4.39 Å². The molecule has 0 saturated carbocycles. The highest BCUT2D eigenvalue weighted by molar-refractivity contribution is 5.95. The highest BCUT2D eigenvalue weighted by Crippen LogP contribution is 2.14. The second-order valence-corrected chi connectivity index (χ2v) is 5.20. The smallest absolute Gasteiger partial charge is 0.254 e. The minimum Gasteiger partial charge on any atom is -0.350 e. The molecule has 2 rings (SSSR count). The van der Waals surface area contributed by atoms with Gasteiger partial charge in [0.2, 0.25) is 0 Å². The molecule has 0 aliphatic heterocycles. The summed E-state index contributed by atoms with van der Waals surface area (Å²) in [6.45, 7) is 7.26. The van der Waals surface area contributed by atoms with Gasteiger partial charge in [0.15, 0.2) is 0 Å². The number of hydrogen-bond donors (Lipinski definition) is 2. The van der Waals surface area contributed by atoms with Gasteiger partial charge >= 0.3 is 0 Å². The lowest BCUT2D eigenvalue weighted by molar-refractivity contribution is 0.0949. The number of likely N-dealkylation sites (N-methyl/N-ethyl adjacent to an activating group) is 1. The van der Waals surface area contributed by atoms with Gasteiger partial charge in [-0.1, -0.05) is 6.92 Å². The Kier molecular flexibility index (Phi) is 7.19. The van der Waals surface area contributed by atoms with E-state index in [0.29, 0.717) is 12.1 Å². The highest BCUT2D eigenvalue weighted by Gasteiger charge is 2.15. The van der Waals surface area contributed by atoms with Crippen LogP contribution in [-0.2, 0) is 0 Å². The summed E-state index contributed by atoms with van der Waals surface area (Å²) in [5, 5.41) is 10.3. The van der Waals surface area contributed by atoms with Gasteiger partial charge < -0.3 is 10.6 Å². The van der Waals surface area contributed by atoms with Gasteiger partial charge in [0.25, 0.3) is 5.91 Å². The summed E-state index contributed by atoms with van der Waals surface area (Å²) in [5.41, 5.74) is 1.97. The number of rotatable bonds is 6. The minimum absolute atomic E-state index is 0. The lowest BCUT2D eigenvalue weighted by Gasteiger charge is -2.13. The molecule has 7 heteroatoms. The summed E-state index contributed by atoms with van der Waals surface area (Å²) < 4.78 is 14.6. The zero-order valence-corrected chi connectivity index (χ0v) is 14.3. The topological polar surface area (TPSA) is 58.9 Å². The van der Waals surface area contributed by atoms with E-state index in [1.807, 2.05) is 20.8 Å². The molecule has 23 heavy (non-hydrogen) atoms. The maximum atomic E-state index is 13.0. The fourth-order valence-corrected chi connectivity index (χ4v) is 2.24. The van der Waals surface area contributed by atoms with Crippen molar-refractivity contribution in [1.82, 2.24) is 20.4 Å². The number of carbonyl (C=O) groups is 1. The third-order valence-electron chi connectivity index (χ3n) is 3.45. The summed E-state index contributed by atoms with van der Waals surface area (Å²) in [4.78, 5) is 12.2. The first-order valence-corrected chi connectivity index (χ1v) is 7.35. The van der Waals surface area contributed by atoms with Gasteiger partial charge in [0.05, 0.1) is 23.1 Å². The maximum Gasteiger partial charge on any atom is 0.254 e. The normalized spacial score (nSPS) is 11.7. The van der Waals surface area contributed by atoms with E-state index in [1.165, 1.54) is 18.3 Å². The lowest BCUT2D eigenvalue weighted by atomic mass is 10.2. The number of carbonyl (C=O) groups excluding carboxylic acids is 1. The van der Waals surface area contributed by atoms with Crippen LogP contribution < -0.4 is 10.6 Å². The van der Waals surface area contributed by atoms with Crippen molar-refractivity contribution in [2.24, 2.45) is 0 Å². The molecule has 5 nitrogen and oxygen atoms in total. The molecule has 2 N–H and O–H groups in total. The summed E-state index contributed by atoms with van der Waals surface area (Å²) in [6.07, 6.45) is 1.53. The largest absolute Gasteiger partial charge is 0.350 e. The standard InChI is InChI=1S/C16H21FN4O.ClH/c1-4-18-11(2)9-19-16(22)15-10-20-21(12(15)3)14-7-5-13(17)6-8-14;/h5-8,10-11,18H,4,9H2,1-3H3,(H,19,22);1H/t11-;/m1./s1. The number of aromatic nitrogens is 2. The predicted octanol–water partition coefficient (Wildman–Crippen LogP) is 2.47. The van der Waals surface area contributed by atoms with Crippen LogP contribution in [0.1, 0.15) is 29.9 Å². The van der Waals surface area contributed by atoms with Crippen molar-refractivity contribution < 1.29 is 9.18 Å². The zero-order valence-electron chi connectivity index (χ0n) is 13.5. The van der Waals surface area contributed by atoms with Crippen LogP contribution in [-0.4, -0.2) is 34.8 Å². The van der Waals surface area contributed by atoms with E-state index in [1.54, 1.807) is 16.8 Å². The van der Waals surface area contributed by atoms with E-state index < -0.39 is 0 Å². The molecular formula is C16H22ClFN4O. The molecule has 126 valence electrons. The fourth-order valence-electron chi connectivity index (χ4n) is 2.24. The van der Waals surface area contributed by atoms with Crippen LogP contribution in [0.25, 0.3) is 5.69 Å². The Labute approximate surface area is 141 Å². The Balaban J connectivity index is 0.00000264. The number of hydrogen-bond acceptors (Lipinski definition) is 3. The fraction of sp³-hybridized carbons (Fsp3) is 0.375. The van der Waals surface area contributed by atoms with E-state index in [9.17, 15) is 9.18 Å². The van der Waals surface area contributed by atoms with Crippen LogP contribution in [0.3, 0.4) is 0 Å². The maximum absolute atomic E-state index is 13.0. The van der Waals surface area contributed by atoms with Crippen molar-refractivity contribution in [3.8, 4) is 5.69 Å². The molecule has 1 atom stereocenters. The molecule has 0 aliphatic rings. The Hall–Kier alpha value is -1.92. The number of amides is 1. The van der Waals surface area contributed by atoms with E-state index in [4.69, 9.17) is 0 Å². The molecule has 1 heterocycles. The second kappa shape index (κ2) is 8.64.